The third-order valence-electron chi connectivity index (χ3n) is 3.68. The Hall–Kier alpha value is -1.71. The van der Waals surface area contributed by atoms with E-state index in [-0.39, 0.29) is 5.91 Å². The summed E-state index contributed by atoms with van der Waals surface area (Å²) in [7, 11) is 0. The van der Waals surface area contributed by atoms with Crippen LogP contribution < -0.4 is 10.5 Å². The average Bonchev–Trinajstić information content (AvgIpc) is 2.52. The van der Waals surface area contributed by atoms with E-state index in [4.69, 9.17) is 10.5 Å². The lowest BCUT2D eigenvalue weighted by Crippen LogP contribution is -2.31. The van der Waals surface area contributed by atoms with Crippen LogP contribution >= 0.6 is 0 Å². The number of carbonyl (C=O) groups is 1. The van der Waals surface area contributed by atoms with E-state index in [0.29, 0.717) is 18.7 Å². The highest BCUT2D eigenvalue weighted by Crippen LogP contribution is 2.23. The second-order valence-electron chi connectivity index (χ2n) is 5.55. The molecule has 0 saturated heterocycles. The standard InChI is InChI=1S/C18H30N2O2/c1-4-7-12-20(6-3)18(21)11-9-15-8-10-17(16(19)14-15)22-13-5-2/h8,10,14H,4-7,9,11-13,19H2,1-3H3. The molecular formula is C18H30N2O2. The van der Waals surface area contributed by atoms with Crippen LogP contribution in [0.25, 0.3) is 0 Å². The van der Waals surface area contributed by atoms with Crippen molar-refractivity contribution in [2.45, 2.75) is 52.9 Å². The van der Waals surface area contributed by atoms with Gasteiger partial charge in [0.15, 0.2) is 0 Å². The summed E-state index contributed by atoms with van der Waals surface area (Å²) in [4.78, 5) is 14.2. The molecule has 0 spiro atoms. The van der Waals surface area contributed by atoms with Crippen molar-refractivity contribution in [2.75, 3.05) is 25.4 Å². The second-order valence-corrected chi connectivity index (χ2v) is 5.55. The lowest BCUT2D eigenvalue weighted by molar-refractivity contribution is -0.131. The van der Waals surface area contributed by atoms with Crippen LogP contribution in [0, 0.1) is 0 Å². The number of hydrogen-bond acceptors (Lipinski definition) is 3. The topological polar surface area (TPSA) is 55.6 Å². The zero-order chi connectivity index (χ0) is 16.4. The summed E-state index contributed by atoms with van der Waals surface area (Å²) in [6.07, 6.45) is 4.39. The Morgan fingerprint density at radius 3 is 2.59 bits per heavy atom. The summed E-state index contributed by atoms with van der Waals surface area (Å²) in [6, 6.07) is 5.82. The summed E-state index contributed by atoms with van der Waals surface area (Å²) in [5.74, 6) is 0.955. The number of unbranched alkanes of at least 4 members (excludes halogenated alkanes) is 1. The van der Waals surface area contributed by atoms with Crippen LogP contribution in [0.2, 0.25) is 0 Å². The number of amides is 1. The van der Waals surface area contributed by atoms with Gasteiger partial charge in [-0.15, -0.1) is 0 Å². The summed E-state index contributed by atoms with van der Waals surface area (Å²) in [5.41, 5.74) is 7.73. The van der Waals surface area contributed by atoms with Crippen LogP contribution in [0.15, 0.2) is 18.2 Å². The molecule has 0 saturated carbocycles. The van der Waals surface area contributed by atoms with Crippen LogP contribution in [0.3, 0.4) is 0 Å². The highest BCUT2D eigenvalue weighted by atomic mass is 16.5. The Kier molecular flexibility index (Phi) is 8.41. The van der Waals surface area contributed by atoms with Crippen molar-refractivity contribution in [3.05, 3.63) is 23.8 Å². The third kappa shape index (κ3) is 5.96. The molecular weight excluding hydrogens is 276 g/mol. The highest BCUT2D eigenvalue weighted by Gasteiger charge is 2.11. The molecule has 1 rings (SSSR count). The zero-order valence-corrected chi connectivity index (χ0v) is 14.2. The molecule has 0 aliphatic carbocycles. The second kappa shape index (κ2) is 10.1. The first kappa shape index (κ1) is 18.3. The van der Waals surface area contributed by atoms with Gasteiger partial charge in [-0.2, -0.15) is 0 Å². The number of anilines is 1. The summed E-state index contributed by atoms with van der Waals surface area (Å²) < 4.78 is 5.57. The molecule has 0 aliphatic heterocycles. The molecule has 0 aliphatic rings. The van der Waals surface area contributed by atoms with Crippen LogP contribution in [0.1, 0.15) is 52.0 Å². The van der Waals surface area contributed by atoms with E-state index in [9.17, 15) is 4.79 Å². The van der Waals surface area contributed by atoms with Gasteiger partial charge in [-0.1, -0.05) is 26.3 Å². The fourth-order valence-electron chi connectivity index (χ4n) is 2.31. The molecule has 0 bridgehead atoms. The molecule has 1 amide bonds. The number of aryl methyl sites for hydroxylation is 1. The van der Waals surface area contributed by atoms with Gasteiger partial charge in [0.05, 0.1) is 12.3 Å². The summed E-state index contributed by atoms with van der Waals surface area (Å²) in [6.45, 7) is 8.55. The van der Waals surface area contributed by atoms with Crippen LogP contribution in [-0.2, 0) is 11.2 Å². The van der Waals surface area contributed by atoms with Gasteiger partial charge in [-0.05, 0) is 43.9 Å². The quantitative estimate of drug-likeness (QED) is 0.671. The van der Waals surface area contributed by atoms with E-state index in [1.165, 1.54) is 0 Å². The maximum atomic E-state index is 12.2. The van der Waals surface area contributed by atoms with Gasteiger partial charge >= 0.3 is 0 Å². The first-order valence-corrected chi connectivity index (χ1v) is 8.41. The van der Waals surface area contributed by atoms with Gasteiger partial charge in [0.1, 0.15) is 5.75 Å². The van der Waals surface area contributed by atoms with Crippen molar-refractivity contribution in [3.63, 3.8) is 0 Å². The monoisotopic (exact) mass is 306 g/mol. The minimum absolute atomic E-state index is 0.223. The van der Waals surface area contributed by atoms with E-state index in [0.717, 1.165) is 50.1 Å². The van der Waals surface area contributed by atoms with Gasteiger partial charge in [0.25, 0.3) is 0 Å². The fraction of sp³-hybridized carbons (Fsp3) is 0.611. The Morgan fingerprint density at radius 2 is 2.00 bits per heavy atom. The minimum atomic E-state index is 0.223. The predicted molar refractivity (Wildman–Crippen MR) is 92.1 cm³/mol. The Balaban J connectivity index is 2.53. The lowest BCUT2D eigenvalue weighted by atomic mass is 10.1. The summed E-state index contributed by atoms with van der Waals surface area (Å²) in [5, 5.41) is 0. The van der Waals surface area contributed by atoms with Crippen molar-refractivity contribution in [2.24, 2.45) is 0 Å². The van der Waals surface area contributed by atoms with Crippen molar-refractivity contribution in [1.82, 2.24) is 4.90 Å². The van der Waals surface area contributed by atoms with Gasteiger partial charge in [0, 0.05) is 19.5 Å². The predicted octanol–water partition coefficient (Wildman–Crippen LogP) is 3.64. The molecule has 4 heteroatoms. The van der Waals surface area contributed by atoms with Gasteiger partial charge in [0.2, 0.25) is 5.91 Å². The van der Waals surface area contributed by atoms with E-state index in [2.05, 4.69) is 13.8 Å². The normalized spacial score (nSPS) is 10.5. The van der Waals surface area contributed by atoms with Crippen LogP contribution in [0.4, 0.5) is 5.69 Å². The maximum Gasteiger partial charge on any atom is 0.222 e. The first-order valence-electron chi connectivity index (χ1n) is 8.41. The molecule has 0 unspecified atom stereocenters. The van der Waals surface area contributed by atoms with Gasteiger partial charge < -0.3 is 15.4 Å². The molecule has 0 radical (unpaired) electrons. The third-order valence-corrected chi connectivity index (χ3v) is 3.68. The number of hydrogen-bond donors (Lipinski definition) is 1. The molecule has 22 heavy (non-hydrogen) atoms. The van der Waals surface area contributed by atoms with E-state index >= 15 is 0 Å². The Morgan fingerprint density at radius 1 is 1.23 bits per heavy atom. The van der Waals surface area contributed by atoms with Crippen LogP contribution in [-0.4, -0.2) is 30.5 Å². The average molecular weight is 306 g/mol. The molecule has 2 N–H and O–H groups in total. The highest BCUT2D eigenvalue weighted by molar-refractivity contribution is 5.76. The molecule has 4 nitrogen and oxygen atoms in total. The molecule has 0 atom stereocenters. The fourth-order valence-corrected chi connectivity index (χ4v) is 2.31. The first-order chi connectivity index (χ1) is 10.6. The minimum Gasteiger partial charge on any atom is -0.491 e. The molecule has 0 aromatic heterocycles. The number of carbonyl (C=O) groups excluding carboxylic acids is 1. The largest absolute Gasteiger partial charge is 0.491 e. The van der Waals surface area contributed by atoms with Crippen molar-refractivity contribution in [3.8, 4) is 5.75 Å². The number of rotatable bonds is 10. The Bertz CT molecular complexity index is 460. The van der Waals surface area contributed by atoms with E-state index in [1.807, 2.05) is 30.0 Å². The number of nitrogens with zero attached hydrogens (tertiary/aromatic N) is 1. The zero-order valence-electron chi connectivity index (χ0n) is 14.2. The molecule has 124 valence electrons. The molecule has 0 fully saturated rings. The summed E-state index contributed by atoms with van der Waals surface area (Å²) >= 11 is 0. The number of nitrogen functional groups attached to an aromatic ring is 1. The van der Waals surface area contributed by atoms with E-state index < -0.39 is 0 Å². The van der Waals surface area contributed by atoms with E-state index in [1.54, 1.807) is 0 Å². The molecule has 1 aromatic carbocycles. The number of benzene rings is 1. The smallest absolute Gasteiger partial charge is 0.222 e. The van der Waals surface area contributed by atoms with Crippen molar-refractivity contribution < 1.29 is 9.53 Å². The number of ether oxygens (including phenoxy) is 1. The van der Waals surface area contributed by atoms with Gasteiger partial charge in [-0.3, -0.25) is 4.79 Å². The maximum absolute atomic E-state index is 12.2. The lowest BCUT2D eigenvalue weighted by Gasteiger charge is -2.20. The molecule has 1 aromatic rings. The SMILES string of the molecule is CCCCN(CC)C(=O)CCc1ccc(OCCC)c(N)c1. The van der Waals surface area contributed by atoms with Gasteiger partial charge in [-0.25, -0.2) is 0 Å². The number of nitrogens with two attached hydrogens (primary N) is 1. The van der Waals surface area contributed by atoms with Crippen LogP contribution in [0.5, 0.6) is 5.75 Å². The van der Waals surface area contributed by atoms with Crippen molar-refractivity contribution >= 4 is 11.6 Å². The van der Waals surface area contributed by atoms with Crippen molar-refractivity contribution in [1.29, 1.82) is 0 Å². The molecule has 0 heterocycles. The Labute approximate surface area is 134 Å².